The topological polar surface area (TPSA) is 35.0 Å². The van der Waals surface area contributed by atoms with E-state index in [9.17, 15) is 0 Å². The molecular formula is C10H15ClN2O. The van der Waals surface area contributed by atoms with Gasteiger partial charge < -0.3 is 4.74 Å². The third-order valence-electron chi connectivity index (χ3n) is 1.90. The summed E-state index contributed by atoms with van der Waals surface area (Å²) >= 11 is 5.62. The Kier molecular flexibility index (Phi) is 4.66. The summed E-state index contributed by atoms with van der Waals surface area (Å²) in [6.07, 6.45) is 3.93. The first kappa shape index (κ1) is 11.2. The number of hydrogen-bond donors (Lipinski definition) is 0. The molecule has 0 amide bonds. The highest BCUT2D eigenvalue weighted by Crippen LogP contribution is 2.11. The van der Waals surface area contributed by atoms with Gasteiger partial charge in [-0.3, -0.25) is 0 Å². The Morgan fingerprint density at radius 1 is 1.57 bits per heavy atom. The van der Waals surface area contributed by atoms with Crippen molar-refractivity contribution in [3.8, 4) is 5.88 Å². The zero-order chi connectivity index (χ0) is 10.4. The van der Waals surface area contributed by atoms with Crippen LogP contribution in [0.25, 0.3) is 0 Å². The van der Waals surface area contributed by atoms with Crippen LogP contribution in [0.3, 0.4) is 0 Å². The van der Waals surface area contributed by atoms with Gasteiger partial charge in [-0.05, 0) is 23.9 Å². The molecule has 0 saturated carbocycles. The molecule has 1 unspecified atom stereocenters. The second kappa shape index (κ2) is 5.81. The van der Waals surface area contributed by atoms with Gasteiger partial charge in [0.25, 0.3) is 0 Å². The summed E-state index contributed by atoms with van der Waals surface area (Å²) in [7, 11) is 0. The lowest BCUT2D eigenvalue weighted by molar-refractivity contribution is 0.242. The number of aromatic nitrogens is 2. The van der Waals surface area contributed by atoms with Crippen LogP contribution in [0.4, 0.5) is 0 Å². The number of rotatable bonds is 5. The van der Waals surface area contributed by atoms with Crippen molar-refractivity contribution in [2.75, 3.05) is 6.61 Å². The van der Waals surface area contributed by atoms with Crippen LogP contribution in [0.1, 0.15) is 26.7 Å². The minimum Gasteiger partial charge on any atom is -0.477 e. The van der Waals surface area contributed by atoms with Crippen LogP contribution in [0.5, 0.6) is 5.88 Å². The van der Waals surface area contributed by atoms with E-state index in [0.29, 0.717) is 18.4 Å². The SMILES string of the molecule is CCCC(C)COc1ccnc(Cl)n1. The summed E-state index contributed by atoms with van der Waals surface area (Å²) < 4.78 is 5.47. The third kappa shape index (κ3) is 3.92. The van der Waals surface area contributed by atoms with Crippen molar-refractivity contribution in [1.29, 1.82) is 0 Å². The summed E-state index contributed by atoms with van der Waals surface area (Å²) in [6.45, 7) is 5.01. The van der Waals surface area contributed by atoms with Crippen LogP contribution in [-0.4, -0.2) is 16.6 Å². The van der Waals surface area contributed by atoms with E-state index in [-0.39, 0.29) is 5.28 Å². The van der Waals surface area contributed by atoms with E-state index < -0.39 is 0 Å². The molecule has 1 rings (SSSR count). The summed E-state index contributed by atoms with van der Waals surface area (Å²) in [5.74, 6) is 1.10. The standard InChI is InChI=1S/C10H15ClN2O/c1-3-4-8(2)7-14-9-5-6-12-10(11)13-9/h5-6,8H,3-4,7H2,1-2H3. The molecule has 0 N–H and O–H groups in total. The largest absolute Gasteiger partial charge is 0.477 e. The fourth-order valence-electron chi connectivity index (χ4n) is 1.20. The molecule has 1 aromatic rings. The van der Waals surface area contributed by atoms with Crippen LogP contribution in [0.2, 0.25) is 5.28 Å². The molecule has 0 saturated heterocycles. The fourth-order valence-corrected chi connectivity index (χ4v) is 1.34. The lowest BCUT2D eigenvalue weighted by atomic mass is 10.1. The van der Waals surface area contributed by atoms with Crippen molar-refractivity contribution in [3.63, 3.8) is 0 Å². The molecule has 1 aromatic heterocycles. The molecule has 0 spiro atoms. The molecule has 0 bridgehead atoms. The molecule has 4 heteroatoms. The van der Waals surface area contributed by atoms with E-state index in [1.165, 1.54) is 12.8 Å². The maximum Gasteiger partial charge on any atom is 0.225 e. The second-order valence-electron chi connectivity index (χ2n) is 3.37. The van der Waals surface area contributed by atoms with E-state index in [2.05, 4.69) is 23.8 Å². The van der Waals surface area contributed by atoms with Crippen LogP contribution >= 0.6 is 11.6 Å². The van der Waals surface area contributed by atoms with Crippen molar-refractivity contribution in [1.82, 2.24) is 9.97 Å². The van der Waals surface area contributed by atoms with E-state index in [1.807, 2.05) is 0 Å². The number of nitrogens with zero attached hydrogens (tertiary/aromatic N) is 2. The van der Waals surface area contributed by atoms with Crippen molar-refractivity contribution < 1.29 is 4.74 Å². The highest BCUT2D eigenvalue weighted by Gasteiger charge is 2.03. The lowest BCUT2D eigenvalue weighted by Gasteiger charge is -2.10. The molecule has 1 atom stereocenters. The Hall–Kier alpha value is -0.830. The van der Waals surface area contributed by atoms with Gasteiger partial charge in [-0.15, -0.1) is 0 Å². The summed E-state index contributed by atoms with van der Waals surface area (Å²) in [4.78, 5) is 7.71. The summed E-state index contributed by atoms with van der Waals surface area (Å²) in [5, 5.41) is 0.227. The predicted molar refractivity (Wildman–Crippen MR) is 56.6 cm³/mol. The monoisotopic (exact) mass is 214 g/mol. The molecular weight excluding hydrogens is 200 g/mol. The molecule has 1 heterocycles. The van der Waals surface area contributed by atoms with Crippen LogP contribution in [0.15, 0.2) is 12.3 Å². The predicted octanol–water partition coefficient (Wildman–Crippen LogP) is 2.95. The van der Waals surface area contributed by atoms with Crippen LogP contribution < -0.4 is 4.74 Å². The maximum absolute atomic E-state index is 5.62. The van der Waals surface area contributed by atoms with Gasteiger partial charge >= 0.3 is 0 Å². The molecule has 0 aromatic carbocycles. The highest BCUT2D eigenvalue weighted by molar-refractivity contribution is 6.28. The first-order chi connectivity index (χ1) is 6.72. The van der Waals surface area contributed by atoms with Crippen molar-refractivity contribution in [2.24, 2.45) is 5.92 Å². The zero-order valence-electron chi connectivity index (χ0n) is 8.53. The van der Waals surface area contributed by atoms with E-state index in [4.69, 9.17) is 16.3 Å². The van der Waals surface area contributed by atoms with Crippen LogP contribution in [0, 0.1) is 5.92 Å². The molecule has 0 aliphatic rings. The Morgan fingerprint density at radius 2 is 2.36 bits per heavy atom. The fraction of sp³-hybridized carbons (Fsp3) is 0.600. The number of hydrogen-bond acceptors (Lipinski definition) is 3. The smallest absolute Gasteiger partial charge is 0.225 e. The first-order valence-electron chi connectivity index (χ1n) is 4.83. The molecule has 78 valence electrons. The van der Waals surface area contributed by atoms with E-state index in [1.54, 1.807) is 12.3 Å². The van der Waals surface area contributed by atoms with Gasteiger partial charge in [0.2, 0.25) is 11.2 Å². The van der Waals surface area contributed by atoms with Gasteiger partial charge in [0, 0.05) is 12.3 Å². The molecule has 0 aliphatic heterocycles. The van der Waals surface area contributed by atoms with E-state index in [0.717, 1.165) is 0 Å². The van der Waals surface area contributed by atoms with Gasteiger partial charge in [0.1, 0.15) is 0 Å². The van der Waals surface area contributed by atoms with Gasteiger partial charge in [-0.25, -0.2) is 4.98 Å². The average Bonchev–Trinajstić information content (AvgIpc) is 2.15. The minimum atomic E-state index is 0.227. The van der Waals surface area contributed by atoms with Gasteiger partial charge in [0.05, 0.1) is 6.61 Å². The van der Waals surface area contributed by atoms with Gasteiger partial charge in [0.15, 0.2) is 0 Å². The third-order valence-corrected chi connectivity index (χ3v) is 2.08. The van der Waals surface area contributed by atoms with Crippen LogP contribution in [-0.2, 0) is 0 Å². The van der Waals surface area contributed by atoms with Crippen molar-refractivity contribution in [2.45, 2.75) is 26.7 Å². The normalized spacial score (nSPS) is 12.5. The lowest BCUT2D eigenvalue weighted by Crippen LogP contribution is -2.09. The summed E-state index contributed by atoms with van der Waals surface area (Å²) in [5.41, 5.74) is 0. The Labute approximate surface area is 89.5 Å². The van der Waals surface area contributed by atoms with Crippen molar-refractivity contribution >= 4 is 11.6 Å². The van der Waals surface area contributed by atoms with E-state index >= 15 is 0 Å². The van der Waals surface area contributed by atoms with Gasteiger partial charge in [-0.1, -0.05) is 20.3 Å². The quantitative estimate of drug-likeness (QED) is 0.707. The average molecular weight is 215 g/mol. The van der Waals surface area contributed by atoms with Gasteiger partial charge in [-0.2, -0.15) is 4.98 Å². The Morgan fingerprint density at radius 3 is 3.00 bits per heavy atom. The Balaban J connectivity index is 2.37. The zero-order valence-corrected chi connectivity index (χ0v) is 9.29. The molecule has 3 nitrogen and oxygen atoms in total. The minimum absolute atomic E-state index is 0.227. The first-order valence-corrected chi connectivity index (χ1v) is 5.21. The van der Waals surface area contributed by atoms with Crippen molar-refractivity contribution in [3.05, 3.63) is 17.5 Å². The molecule has 14 heavy (non-hydrogen) atoms. The maximum atomic E-state index is 5.62. The second-order valence-corrected chi connectivity index (χ2v) is 3.71. The Bertz CT molecular complexity index is 281. The number of halogens is 1. The molecule has 0 aliphatic carbocycles. The molecule has 0 fully saturated rings. The highest BCUT2D eigenvalue weighted by atomic mass is 35.5. The summed E-state index contributed by atoms with van der Waals surface area (Å²) in [6, 6.07) is 1.71. The number of ether oxygens (including phenoxy) is 1. The molecule has 0 radical (unpaired) electrons.